The first kappa shape index (κ1) is 57.8. The third kappa shape index (κ3) is 9.98. The second kappa shape index (κ2) is 24.2. The van der Waals surface area contributed by atoms with E-state index in [0.29, 0.717) is 23.3 Å². The molecule has 9 heteroatoms. The van der Waals surface area contributed by atoms with Gasteiger partial charge >= 0.3 is 0 Å². The maximum absolute atomic E-state index is 5.06. The van der Waals surface area contributed by atoms with Crippen molar-refractivity contribution in [2.24, 2.45) is 0 Å². The molecule has 0 aliphatic rings. The van der Waals surface area contributed by atoms with Crippen LogP contribution in [0.15, 0.2) is 358 Å². The van der Waals surface area contributed by atoms with Crippen LogP contribution in [0.5, 0.6) is 0 Å². The fourth-order valence-electron chi connectivity index (χ4n) is 14.7. The molecule has 0 saturated heterocycles. The van der Waals surface area contributed by atoms with Crippen LogP contribution in [0, 0.1) is 0 Å². The lowest BCUT2D eigenvalue weighted by atomic mass is 10.1. The highest BCUT2D eigenvalue weighted by Gasteiger charge is 2.22. The molecule has 6 aromatic heterocycles. The minimum atomic E-state index is 0.639. The van der Waals surface area contributed by atoms with E-state index in [9.17, 15) is 0 Å². The maximum atomic E-state index is 5.06. The maximum Gasteiger partial charge on any atom is 0.164 e. The Bertz CT molecular complexity index is 5950. The van der Waals surface area contributed by atoms with Crippen LogP contribution in [0.25, 0.3) is 178 Å². The molecule has 0 aliphatic carbocycles. The standard InChI is InChI=1S/C46H30N4.C45H29N5/c1-4-14-31(15-5-1)40-29-41(32-16-6-2-7-17-32)48-46(47-40)33-24-26-35(27-25-33)50-43-23-13-11-21-37(43)39-28-38-36-20-10-12-22-42(36)49(44(38)30-45(39)50)34-18-8-3-9-19-34;1-4-14-30(15-5-1)43-46-44(31-16-6-2-7-17-31)48-45(47-43)32-24-26-34(27-25-32)50-40-23-13-11-21-36(40)38-28-37-35-20-10-12-22-39(35)49(41(37)29-42(38)50)33-18-8-3-9-19-33/h1-30H;1-29H. The monoisotopic (exact) mass is 1280 g/mol. The minimum Gasteiger partial charge on any atom is -0.309 e. The number of para-hydroxylation sites is 6. The summed E-state index contributed by atoms with van der Waals surface area (Å²) in [5.74, 6) is 2.64. The molecule has 0 unspecified atom stereocenters. The van der Waals surface area contributed by atoms with Gasteiger partial charge in [0.15, 0.2) is 23.3 Å². The van der Waals surface area contributed by atoms with Crippen molar-refractivity contribution in [2.45, 2.75) is 0 Å². The van der Waals surface area contributed by atoms with Crippen LogP contribution in [0.1, 0.15) is 0 Å². The number of fused-ring (bicyclic) bond motifs is 12. The van der Waals surface area contributed by atoms with Crippen LogP contribution >= 0.6 is 0 Å². The summed E-state index contributed by atoms with van der Waals surface area (Å²) >= 11 is 0. The zero-order valence-electron chi connectivity index (χ0n) is 54.1. The van der Waals surface area contributed by atoms with E-state index >= 15 is 0 Å². The third-order valence-electron chi connectivity index (χ3n) is 19.3. The summed E-state index contributed by atoms with van der Waals surface area (Å²) in [6, 6.07) is 126. The first-order valence-corrected chi connectivity index (χ1v) is 33.7. The van der Waals surface area contributed by atoms with Gasteiger partial charge in [0, 0.05) is 99.2 Å². The van der Waals surface area contributed by atoms with E-state index in [-0.39, 0.29) is 0 Å². The molecule has 0 radical (unpaired) electrons. The van der Waals surface area contributed by atoms with Crippen LogP contribution < -0.4 is 0 Å². The lowest BCUT2D eigenvalue weighted by molar-refractivity contribution is 1.07. The average Bonchev–Trinajstić information content (AvgIpc) is 1.57. The number of benzene rings is 14. The Balaban J connectivity index is 0.000000139. The Labute approximate surface area is 575 Å². The topological polar surface area (TPSA) is 84.2 Å². The smallest absolute Gasteiger partial charge is 0.164 e. The van der Waals surface area contributed by atoms with E-state index in [0.717, 1.165) is 78.6 Å². The van der Waals surface area contributed by atoms with Gasteiger partial charge < -0.3 is 18.3 Å². The van der Waals surface area contributed by atoms with E-state index in [1.807, 2.05) is 97.1 Å². The zero-order chi connectivity index (χ0) is 66.0. The van der Waals surface area contributed by atoms with Crippen molar-refractivity contribution in [3.63, 3.8) is 0 Å². The number of hydrogen-bond donors (Lipinski definition) is 0. The fraction of sp³-hybridized carbons (Fsp3) is 0. The molecule has 6 heterocycles. The van der Waals surface area contributed by atoms with E-state index < -0.39 is 0 Å². The highest BCUT2D eigenvalue weighted by atomic mass is 15.0. The molecule has 0 saturated carbocycles. The molecule has 20 aromatic rings. The van der Waals surface area contributed by atoms with Gasteiger partial charge in [-0.25, -0.2) is 24.9 Å². The summed E-state index contributed by atoms with van der Waals surface area (Å²) in [7, 11) is 0. The molecular formula is C91H59N9. The predicted molar refractivity (Wildman–Crippen MR) is 412 cm³/mol. The third-order valence-corrected chi connectivity index (χ3v) is 19.3. The van der Waals surface area contributed by atoms with E-state index in [1.165, 1.54) is 76.2 Å². The molecule has 0 spiro atoms. The Morgan fingerprint density at radius 2 is 0.380 bits per heavy atom. The van der Waals surface area contributed by atoms with Gasteiger partial charge in [-0.3, -0.25) is 0 Å². The average molecular weight is 1280 g/mol. The summed E-state index contributed by atoms with van der Waals surface area (Å²) < 4.78 is 9.53. The van der Waals surface area contributed by atoms with Crippen LogP contribution in [0.3, 0.4) is 0 Å². The van der Waals surface area contributed by atoms with Crippen molar-refractivity contribution in [3.05, 3.63) is 358 Å². The lowest BCUT2D eigenvalue weighted by Crippen LogP contribution is -2.00. The molecule has 14 aromatic carbocycles. The largest absolute Gasteiger partial charge is 0.309 e. The Morgan fingerprint density at radius 3 is 0.680 bits per heavy atom. The number of nitrogens with zero attached hydrogens (tertiary/aromatic N) is 9. The van der Waals surface area contributed by atoms with Crippen molar-refractivity contribution < 1.29 is 0 Å². The van der Waals surface area contributed by atoms with Crippen molar-refractivity contribution in [3.8, 4) is 90.8 Å². The highest BCUT2D eigenvalue weighted by Crippen LogP contribution is 2.43. The molecule has 0 amide bonds. The predicted octanol–water partition coefficient (Wildman–Crippen LogP) is 22.7. The van der Waals surface area contributed by atoms with Crippen molar-refractivity contribution in [1.82, 2.24) is 43.2 Å². The Hall–Kier alpha value is -13.6. The van der Waals surface area contributed by atoms with Gasteiger partial charge in [-0.05, 0) is 127 Å². The molecule has 0 N–H and O–H groups in total. The SMILES string of the molecule is c1ccc(-c2cc(-c3ccccc3)nc(-c3ccc(-n4c5ccccc5c5cc6c7ccccc7n(-c7ccccc7)c6cc54)cc3)n2)cc1.c1ccc(-c2nc(-c3ccccc3)nc(-c3ccc(-n4c5ccccc5c5cc6c7ccccc7n(-c7ccccc7)c6cc54)cc3)n2)cc1. The van der Waals surface area contributed by atoms with Crippen molar-refractivity contribution >= 4 is 87.2 Å². The quantitative estimate of drug-likeness (QED) is 0.136. The molecule has 100 heavy (non-hydrogen) atoms. The summed E-state index contributed by atoms with van der Waals surface area (Å²) in [5.41, 5.74) is 21.6. The zero-order valence-corrected chi connectivity index (χ0v) is 54.1. The Kier molecular flexibility index (Phi) is 14.0. The second-order valence-corrected chi connectivity index (χ2v) is 25.2. The molecule has 9 nitrogen and oxygen atoms in total. The van der Waals surface area contributed by atoms with Crippen LogP contribution in [-0.2, 0) is 0 Å². The first-order chi connectivity index (χ1) is 49.6. The van der Waals surface area contributed by atoms with E-state index in [1.54, 1.807) is 0 Å². The molecule has 0 atom stereocenters. The summed E-state index contributed by atoms with van der Waals surface area (Å²) in [6.07, 6.45) is 0. The van der Waals surface area contributed by atoms with Gasteiger partial charge in [0.25, 0.3) is 0 Å². The van der Waals surface area contributed by atoms with Crippen molar-refractivity contribution in [2.75, 3.05) is 0 Å². The number of hydrogen-bond acceptors (Lipinski definition) is 5. The summed E-state index contributed by atoms with van der Waals surface area (Å²) in [6.45, 7) is 0. The van der Waals surface area contributed by atoms with Crippen molar-refractivity contribution in [1.29, 1.82) is 0 Å². The van der Waals surface area contributed by atoms with Crippen LogP contribution in [-0.4, -0.2) is 43.2 Å². The molecular weight excluding hydrogens is 1220 g/mol. The summed E-state index contributed by atoms with van der Waals surface area (Å²) in [5, 5.41) is 9.91. The Morgan fingerprint density at radius 1 is 0.150 bits per heavy atom. The van der Waals surface area contributed by atoms with E-state index in [4.69, 9.17) is 24.9 Å². The van der Waals surface area contributed by atoms with Gasteiger partial charge in [0.05, 0.1) is 55.5 Å². The number of aromatic nitrogens is 9. The van der Waals surface area contributed by atoms with Gasteiger partial charge in [-0.15, -0.1) is 0 Å². The van der Waals surface area contributed by atoms with E-state index in [2.05, 4.69) is 279 Å². The molecule has 0 bridgehead atoms. The molecule has 468 valence electrons. The van der Waals surface area contributed by atoms with Gasteiger partial charge in [0.2, 0.25) is 0 Å². The fourth-order valence-corrected chi connectivity index (χ4v) is 14.7. The van der Waals surface area contributed by atoms with Gasteiger partial charge in [0.1, 0.15) is 0 Å². The van der Waals surface area contributed by atoms with Gasteiger partial charge in [-0.2, -0.15) is 0 Å². The molecule has 20 rings (SSSR count). The van der Waals surface area contributed by atoms with Crippen LogP contribution in [0.4, 0.5) is 0 Å². The highest BCUT2D eigenvalue weighted by molar-refractivity contribution is 6.21. The van der Waals surface area contributed by atoms with Gasteiger partial charge in [-0.1, -0.05) is 231 Å². The second-order valence-electron chi connectivity index (χ2n) is 25.2. The minimum absolute atomic E-state index is 0.639. The lowest BCUT2D eigenvalue weighted by Gasteiger charge is -2.12. The first-order valence-electron chi connectivity index (χ1n) is 33.7. The molecule has 0 aliphatic heterocycles. The summed E-state index contributed by atoms with van der Waals surface area (Å²) in [4.78, 5) is 24.9. The van der Waals surface area contributed by atoms with Crippen LogP contribution in [0.2, 0.25) is 0 Å². The molecule has 0 fully saturated rings. The number of rotatable bonds is 10. The normalized spacial score (nSPS) is 11.6.